The maximum absolute atomic E-state index is 12.8. The molecular formula is C73H130NO8P. The zero-order chi connectivity index (χ0) is 60.1. The molecule has 2 unspecified atom stereocenters. The molecule has 0 bridgehead atoms. The number of rotatable bonds is 65. The molecule has 9 nitrogen and oxygen atoms in total. The SMILES string of the molecule is CC/C=C\C/C=C\C/C=C\C/C=C\C/C=C\C/C=C\C/C=C\CCCCCCCCCCCC(=O)OC(COC(=O)CCCCCCCCCCCCCCCCCCCCC/C=C\CCCCCCCCCC)COP(=O)(O)OCCN. The molecule has 0 heterocycles. The van der Waals surface area contributed by atoms with Crippen molar-refractivity contribution < 1.29 is 37.6 Å². The van der Waals surface area contributed by atoms with Crippen molar-refractivity contribution >= 4 is 19.8 Å². The van der Waals surface area contributed by atoms with E-state index in [1.165, 1.54) is 199 Å². The first kappa shape index (κ1) is 79.9. The highest BCUT2D eigenvalue weighted by Gasteiger charge is 2.26. The van der Waals surface area contributed by atoms with E-state index in [-0.39, 0.29) is 38.6 Å². The van der Waals surface area contributed by atoms with Crippen molar-refractivity contribution in [3.8, 4) is 0 Å². The van der Waals surface area contributed by atoms with E-state index in [9.17, 15) is 19.0 Å². The number of hydrogen-bond donors (Lipinski definition) is 2. The maximum atomic E-state index is 12.8. The van der Waals surface area contributed by atoms with Gasteiger partial charge in [-0.2, -0.15) is 0 Å². The van der Waals surface area contributed by atoms with Gasteiger partial charge in [-0.3, -0.25) is 18.6 Å². The summed E-state index contributed by atoms with van der Waals surface area (Å²) in [5, 5.41) is 0. The Morgan fingerprint density at radius 3 is 1.00 bits per heavy atom. The molecule has 0 spiro atoms. The van der Waals surface area contributed by atoms with E-state index in [1.54, 1.807) is 0 Å². The van der Waals surface area contributed by atoms with Crippen molar-refractivity contribution in [1.29, 1.82) is 0 Å². The van der Waals surface area contributed by atoms with Gasteiger partial charge in [0.25, 0.3) is 0 Å². The third-order valence-electron chi connectivity index (χ3n) is 15.0. The fourth-order valence-corrected chi connectivity index (χ4v) is 10.6. The summed E-state index contributed by atoms with van der Waals surface area (Å²) in [5.41, 5.74) is 5.40. The topological polar surface area (TPSA) is 134 Å². The van der Waals surface area contributed by atoms with Crippen LogP contribution in [0.1, 0.15) is 322 Å². The fraction of sp³-hybridized carbons (Fsp3) is 0.753. The summed E-state index contributed by atoms with van der Waals surface area (Å²) in [6.45, 7) is 3.66. The second kappa shape index (κ2) is 68.0. The summed E-state index contributed by atoms with van der Waals surface area (Å²) in [6.07, 6.45) is 92.1. The molecule has 0 aromatic heterocycles. The molecule has 0 aliphatic rings. The predicted octanol–water partition coefficient (Wildman–Crippen LogP) is 22.7. The highest BCUT2D eigenvalue weighted by atomic mass is 31.2. The second-order valence-corrected chi connectivity index (χ2v) is 24.5. The Labute approximate surface area is 512 Å². The van der Waals surface area contributed by atoms with Crippen LogP contribution in [-0.2, 0) is 32.7 Å². The monoisotopic (exact) mass is 1180 g/mol. The predicted molar refractivity (Wildman–Crippen MR) is 358 cm³/mol. The Kier molecular flexibility index (Phi) is 65.5. The lowest BCUT2D eigenvalue weighted by molar-refractivity contribution is -0.161. The molecule has 0 radical (unpaired) electrons. The molecule has 3 N–H and O–H groups in total. The van der Waals surface area contributed by atoms with Crippen molar-refractivity contribution in [3.63, 3.8) is 0 Å². The Bertz CT molecular complexity index is 1680. The molecule has 480 valence electrons. The third-order valence-corrected chi connectivity index (χ3v) is 15.9. The number of ether oxygens (including phenoxy) is 2. The van der Waals surface area contributed by atoms with Crippen LogP contribution in [0.2, 0.25) is 0 Å². The molecule has 0 aliphatic carbocycles. The number of unbranched alkanes of at least 4 members (excludes halogenated alkanes) is 36. The Morgan fingerprint density at radius 2 is 0.663 bits per heavy atom. The zero-order valence-corrected chi connectivity index (χ0v) is 54.8. The Hall–Kier alpha value is -3.07. The smallest absolute Gasteiger partial charge is 0.462 e. The quantitative estimate of drug-likeness (QED) is 0.0264. The van der Waals surface area contributed by atoms with E-state index in [0.717, 1.165) is 89.9 Å². The van der Waals surface area contributed by atoms with Crippen LogP contribution in [0.15, 0.2) is 97.2 Å². The van der Waals surface area contributed by atoms with Gasteiger partial charge in [-0.25, -0.2) is 4.57 Å². The number of nitrogens with two attached hydrogens (primary N) is 1. The lowest BCUT2D eigenvalue weighted by Gasteiger charge is -2.19. The van der Waals surface area contributed by atoms with E-state index in [2.05, 4.69) is 111 Å². The van der Waals surface area contributed by atoms with Gasteiger partial charge in [0.1, 0.15) is 6.61 Å². The van der Waals surface area contributed by atoms with E-state index < -0.39 is 26.5 Å². The van der Waals surface area contributed by atoms with Gasteiger partial charge in [-0.05, 0) is 96.3 Å². The molecule has 0 aliphatic heterocycles. The molecular weight excluding hydrogens is 1050 g/mol. The van der Waals surface area contributed by atoms with Crippen LogP contribution in [0.25, 0.3) is 0 Å². The second-order valence-electron chi connectivity index (χ2n) is 23.0. The number of phosphoric acid groups is 1. The van der Waals surface area contributed by atoms with Crippen LogP contribution in [0, 0.1) is 0 Å². The van der Waals surface area contributed by atoms with Gasteiger partial charge in [-0.15, -0.1) is 0 Å². The zero-order valence-electron chi connectivity index (χ0n) is 53.9. The van der Waals surface area contributed by atoms with Crippen LogP contribution in [0.5, 0.6) is 0 Å². The molecule has 0 aromatic rings. The van der Waals surface area contributed by atoms with Gasteiger partial charge in [0.2, 0.25) is 0 Å². The largest absolute Gasteiger partial charge is 0.472 e. The molecule has 83 heavy (non-hydrogen) atoms. The maximum Gasteiger partial charge on any atom is 0.472 e. The minimum absolute atomic E-state index is 0.0494. The van der Waals surface area contributed by atoms with Crippen LogP contribution in [0.4, 0.5) is 0 Å². The fourth-order valence-electron chi connectivity index (χ4n) is 9.85. The highest BCUT2D eigenvalue weighted by Crippen LogP contribution is 2.43. The van der Waals surface area contributed by atoms with E-state index in [1.807, 2.05) is 0 Å². The van der Waals surface area contributed by atoms with Gasteiger partial charge >= 0.3 is 19.8 Å². The molecule has 0 rings (SSSR count). The summed E-state index contributed by atoms with van der Waals surface area (Å²) >= 11 is 0. The minimum Gasteiger partial charge on any atom is -0.462 e. The molecule has 2 atom stereocenters. The van der Waals surface area contributed by atoms with Crippen LogP contribution in [-0.4, -0.2) is 49.3 Å². The number of allylic oxidation sites excluding steroid dienone is 16. The Morgan fingerprint density at radius 1 is 0.373 bits per heavy atom. The lowest BCUT2D eigenvalue weighted by Crippen LogP contribution is -2.29. The van der Waals surface area contributed by atoms with Gasteiger partial charge in [0, 0.05) is 19.4 Å². The van der Waals surface area contributed by atoms with Gasteiger partial charge in [0.15, 0.2) is 6.10 Å². The van der Waals surface area contributed by atoms with E-state index in [0.29, 0.717) is 6.42 Å². The molecule has 10 heteroatoms. The molecule has 0 aromatic carbocycles. The van der Waals surface area contributed by atoms with Crippen molar-refractivity contribution in [2.24, 2.45) is 5.73 Å². The summed E-state index contributed by atoms with van der Waals surface area (Å²) in [5.74, 6) is -0.827. The van der Waals surface area contributed by atoms with Crippen LogP contribution < -0.4 is 5.73 Å². The highest BCUT2D eigenvalue weighted by molar-refractivity contribution is 7.47. The first-order valence-corrected chi connectivity index (χ1v) is 36.2. The average Bonchev–Trinajstić information content (AvgIpc) is 3.48. The number of carbonyl (C=O) groups is 2. The standard InChI is InChI=1S/C73H130NO8P/c1-3-5-7-9-11-13-15-17-19-21-23-25-27-29-31-33-35-37-39-41-43-45-47-49-51-53-55-57-59-61-63-65-72(75)79-69-71(70-81-83(77,78)80-68-67-74)82-73(76)66-64-62-60-58-56-54-52-50-48-46-44-42-40-38-36-34-32-30-28-26-24-22-20-18-16-14-12-10-8-6-4-2/h6,8,12,14,18,20-21,23-24,26,30,32,36,38,42,44,71H,3-5,7,9-11,13,15-17,19,22,25,27-29,31,33-35,37,39-41,43,45-70,74H2,1-2H3,(H,77,78)/b8-6-,14-12-,20-18-,23-21-,26-24-,32-30-,38-36-,44-42-. The van der Waals surface area contributed by atoms with Crippen molar-refractivity contribution in [3.05, 3.63) is 97.2 Å². The van der Waals surface area contributed by atoms with E-state index in [4.69, 9.17) is 24.3 Å². The van der Waals surface area contributed by atoms with Gasteiger partial charge < -0.3 is 20.1 Å². The normalized spacial score (nSPS) is 13.5. The average molecular weight is 1180 g/mol. The number of carbonyl (C=O) groups excluding carboxylic acids is 2. The van der Waals surface area contributed by atoms with Crippen LogP contribution in [0.3, 0.4) is 0 Å². The van der Waals surface area contributed by atoms with Gasteiger partial charge in [-0.1, -0.05) is 310 Å². The first-order chi connectivity index (χ1) is 40.8. The van der Waals surface area contributed by atoms with Crippen LogP contribution >= 0.6 is 7.82 Å². The Balaban J connectivity index is 3.90. The number of phosphoric ester groups is 1. The lowest BCUT2D eigenvalue weighted by atomic mass is 10.0. The molecule has 0 amide bonds. The summed E-state index contributed by atoms with van der Waals surface area (Å²) in [6, 6.07) is 0. The van der Waals surface area contributed by atoms with Crippen molar-refractivity contribution in [1.82, 2.24) is 0 Å². The molecule has 0 saturated heterocycles. The number of esters is 2. The van der Waals surface area contributed by atoms with E-state index >= 15 is 0 Å². The van der Waals surface area contributed by atoms with Crippen molar-refractivity contribution in [2.45, 2.75) is 328 Å². The summed E-state index contributed by atoms with van der Waals surface area (Å²) in [4.78, 5) is 35.4. The van der Waals surface area contributed by atoms with Crippen molar-refractivity contribution in [2.75, 3.05) is 26.4 Å². The first-order valence-electron chi connectivity index (χ1n) is 34.7. The molecule has 0 fully saturated rings. The number of hydrogen-bond acceptors (Lipinski definition) is 8. The molecule has 0 saturated carbocycles. The summed E-state index contributed by atoms with van der Waals surface area (Å²) < 4.78 is 33.2. The third kappa shape index (κ3) is 67.9. The summed E-state index contributed by atoms with van der Waals surface area (Å²) in [7, 11) is -4.40. The van der Waals surface area contributed by atoms with Gasteiger partial charge in [0.05, 0.1) is 13.2 Å². The minimum atomic E-state index is -4.40.